The third-order valence-electron chi connectivity index (χ3n) is 8.89. The Hall–Kier alpha value is -6.61. The quantitative estimate of drug-likeness (QED) is 0.126. The van der Waals surface area contributed by atoms with Crippen LogP contribution in [0.1, 0.15) is 0 Å². The molecule has 264 valence electrons. The molecule has 0 aliphatic rings. The molecule has 0 fully saturated rings. The number of amides is 2. The first-order valence-electron chi connectivity index (χ1n) is 16.7. The molecule has 6 rings (SSSR count). The minimum atomic E-state index is -0.176. The van der Waals surface area contributed by atoms with Crippen LogP contribution in [-0.4, -0.2) is 48.6 Å². The summed E-state index contributed by atoms with van der Waals surface area (Å²) in [6.07, 6.45) is 0. The van der Waals surface area contributed by atoms with Gasteiger partial charge in [-0.25, -0.2) is 4.79 Å². The third kappa shape index (κ3) is 7.58. The van der Waals surface area contributed by atoms with E-state index in [0.29, 0.717) is 0 Å². The summed E-state index contributed by atoms with van der Waals surface area (Å²) in [7, 11) is 10.2. The summed E-state index contributed by atoms with van der Waals surface area (Å²) < 4.78 is 21.5. The van der Waals surface area contributed by atoms with Gasteiger partial charge in [-0.05, 0) is 146 Å². The van der Waals surface area contributed by atoms with Crippen molar-refractivity contribution in [2.75, 3.05) is 62.1 Å². The number of hydrogen-bond donors (Lipinski definition) is 0. The van der Waals surface area contributed by atoms with E-state index < -0.39 is 0 Å². The maximum Gasteiger partial charge on any atom is 0.328 e. The van der Waals surface area contributed by atoms with Gasteiger partial charge in [0.05, 0.1) is 28.4 Å². The first-order chi connectivity index (χ1) is 25.3. The maximum absolute atomic E-state index is 13.8. The van der Waals surface area contributed by atoms with Gasteiger partial charge in [-0.3, -0.25) is 9.80 Å². The average molecular weight is 695 g/mol. The molecule has 6 aromatic rings. The number of benzene rings is 6. The van der Waals surface area contributed by atoms with Gasteiger partial charge >= 0.3 is 6.03 Å². The second-order valence-electron chi connectivity index (χ2n) is 11.9. The van der Waals surface area contributed by atoms with Crippen molar-refractivity contribution in [1.29, 1.82) is 0 Å². The summed E-state index contributed by atoms with van der Waals surface area (Å²) in [5.41, 5.74) is 7.23. The van der Waals surface area contributed by atoms with Crippen LogP contribution in [0.4, 0.5) is 50.3 Å². The van der Waals surface area contributed by atoms with E-state index in [4.69, 9.17) is 18.9 Å². The number of ether oxygens (including phenoxy) is 4. The van der Waals surface area contributed by atoms with Crippen LogP contribution < -0.4 is 38.5 Å². The zero-order valence-electron chi connectivity index (χ0n) is 30.2. The van der Waals surface area contributed by atoms with E-state index in [1.807, 2.05) is 146 Å². The fraction of sp³-hybridized carbons (Fsp3) is 0.140. The molecule has 52 heavy (non-hydrogen) atoms. The highest BCUT2D eigenvalue weighted by Crippen LogP contribution is 2.39. The molecule has 0 aromatic heterocycles. The van der Waals surface area contributed by atoms with Crippen molar-refractivity contribution in [2.24, 2.45) is 0 Å². The van der Waals surface area contributed by atoms with E-state index in [-0.39, 0.29) is 6.03 Å². The standard InChI is InChI=1S/C43H42N4O5/c1-44(31-7-11-33(12-8-31)46(35-15-23-39(49-3)24-16-35)36-17-25-40(50-4)26-18-36)43(48)45(2)32-9-13-34(14-10-32)47(37-19-27-41(51-5)28-20-37)38-21-29-42(52-6)30-22-38/h7-30H,1-6H3. The zero-order chi connectivity index (χ0) is 36.6. The molecule has 0 N–H and O–H groups in total. The zero-order valence-corrected chi connectivity index (χ0v) is 30.2. The second-order valence-corrected chi connectivity index (χ2v) is 11.9. The highest BCUT2D eigenvalue weighted by molar-refractivity contribution is 6.03. The minimum Gasteiger partial charge on any atom is -0.497 e. The lowest BCUT2D eigenvalue weighted by Gasteiger charge is -2.28. The fourth-order valence-electron chi connectivity index (χ4n) is 5.92. The highest BCUT2D eigenvalue weighted by atomic mass is 16.5. The lowest BCUT2D eigenvalue weighted by Crippen LogP contribution is -2.38. The molecule has 0 radical (unpaired) electrons. The number of methoxy groups -OCH3 is 4. The topological polar surface area (TPSA) is 67.0 Å². The molecule has 0 aliphatic heterocycles. The van der Waals surface area contributed by atoms with Crippen LogP contribution >= 0.6 is 0 Å². The minimum absolute atomic E-state index is 0.176. The van der Waals surface area contributed by atoms with Crippen molar-refractivity contribution in [3.63, 3.8) is 0 Å². The molecule has 6 aromatic carbocycles. The summed E-state index contributed by atoms with van der Waals surface area (Å²) in [6.45, 7) is 0. The van der Waals surface area contributed by atoms with Crippen LogP contribution in [0.5, 0.6) is 23.0 Å². The highest BCUT2D eigenvalue weighted by Gasteiger charge is 2.20. The molecule has 9 nitrogen and oxygen atoms in total. The van der Waals surface area contributed by atoms with Crippen molar-refractivity contribution in [2.45, 2.75) is 0 Å². The summed E-state index contributed by atoms with van der Waals surface area (Å²) in [4.78, 5) is 21.4. The van der Waals surface area contributed by atoms with E-state index in [1.54, 1.807) is 52.3 Å². The van der Waals surface area contributed by atoms with Gasteiger partial charge in [0.2, 0.25) is 0 Å². The van der Waals surface area contributed by atoms with Crippen LogP contribution in [0, 0.1) is 0 Å². The average Bonchev–Trinajstić information content (AvgIpc) is 3.21. The Bertz CT molecular complexity index is 1810. The van der Waals surface area contributed by atoms with Gasteiger partial charge in [0.25, 0.3) is 0 Å². The molecule has 0 heterocycles. The number of carbonyl (C=O) groups excluding carboxylic acids is 1. The SMILES string of the molecule is COc1ccc(N(c2ccc(OC)cc2)c2ccc(N(C)C(=O)N(C)c3ccc(N(c4ccc(OC)cc4)c4ccc(OC)cc4)cc3)cc2)cc1. The molecule has 0 saturated carbocycles. The molecular formula is C43H42N4O5. The molecule has 0 atom stereocenters. The van der Waals surface area contributed by atoms with Gasteiger partial charge in [0, 0.05) is 59.6 Å². The second kappa shape index (κ2) is 15.9. The van der Waals surface area contributed by atoms with E-state index in [9.17, 15) is 4.79 Å². The van der Waals surface area contributed by atoms with Crippen LogP contribution in [0.2, 0.25) is 0 Å². The van der Waals surface area contributed by atoms with Crippen molar-refractivity contribution in [1.82, 2.24) is 0 Å². The van der Waals surface area contributed by atoms with E-state index in [1.165, 1.54) is 0 Å². The van der Waals surface area contributed by atoms with Crippen LogP contribution in [0.15, 0.2) is 146 Å². The molecule has 0 unspecified atom stereocenters. The molecule has 2 amide bonds. The first-order valence-corrected chi connectivity index (χ1v) is 16.7. The van der Waals surface area contributed by atoms with Crippen LogP contribution in [0.25, 0.3) is 0 Å². The molecule has 9 heteroatoms. The van der Waals surface area contributed by atoms with Gasteiger partial charge in [-0.1, -0.05) is 0 Å². The fourth-order valence-corrected chi connectivity index (χ4v) is 5.92. The molecular weight excluding hydrogens is 652 g/mol. The van der Waals surface area contributed by atoms with Crippen molar-refractivity contribution < 1.29 is 23.7 Å². The predicted molar refractivity (Wildman–Crippen MR) is 211 cm³/mol. The summed E-state index contributed by atoms with van der Waals surface area (Å²) in [6, 6.07) is 47.3. The van der Waals surface area contributed by atoms with Crippen molar-refractivity contribution in [3.05, 3.63) is 146 Å². The number of rotatable bonds is 12. The van der Waals surface area contributed by atoms with Gasteiger partial charge in [0.15, 0.2) is 0 Å². The van der Waals surface area contributed by atoms with Gasteiger partial charge in [-0.2, -0.15) is 0 Å². The molecule has 0 saturated heterocycles. The van der Waals surface area contributed by atoms with E-state index in [2.05, 4.69) is 9.80 Å². The number of hydrogen-bond acceptors (Lipinski definition) is 7. The first kappa shape index (κ1) is 35.2. The normalized spacial score (nSPS) is 10.6. The summed E-state index contributed by atoms with van der Waals surface area (Å²) >= 11 is 0. The maximum atomic E-state index is 13.8. The van der Waals surface area contributed by atoms with Crippen LogP contribution in [0.3, 0.4) is 0 Å². The Morgan fingerprint density at radius 1 is 0.327 bits per heavy atom. The van der Waals surface area contributed by atoms with E-state index >= 15 is 0 Å². The number of carbonyl (C=O) groups is 1. The van der Waals surface area contributed by atoms with Gasteiger partial charge in [0.1, 0.15) is 23.0 Å². The number of nitrogens with zero attached hydrogens (tertiary/aromatic N) is 4. The number of urea groups is 1. The van der Waals surface area contributed by atoms with Crippen molar-refractivity contribution >= 4 is 51.5 Å². The van der Waals surface area contributed by atoms with Crippen molar-refractivity contribution in [3.8, 4) is 23.0 Å². The number of anilines is 8. The largest absolute Gasteiger partial charge is 0.497 e. The van der Waals surface area contributed by atoms with Gasteiger partial charge in [-0.15, -0.1) is 0 Å². The van der Waals surface area contributed by atoms with E-state index in [0.717, 1.165) is 68.5 Å². The summed E-state index contributed by atoms with van der Waals surface area (Å²) in [5.74, 6) is 3.11. The Morgan fingerprint density at radius 3 is 0.692 bits per heavy atom. The van der Waals surface area contributed by atoms with Crippen LogP contribution in [-0.2, 0) is 0 Å². The molecule has 0 spiro atoms. The molecule has 0 bridgehead atoms. The lowest BCUT2D eigenvalue weighted by atomic mass is 10.1. The third-order valence-corrected chi connectivity index (χ3v) is 8.89. The summed E-state index contributed by atoms with van der Waals surface area (Å²) in [5, 5.41) is 0. The Balaban J connectivity index is 1.22. The molecule has 0 aliphatic carbocycles. The monoisotopic (exact) mass is 694 g/mol. The Labute approximate surface area is 305 Å². The van der Waals surface area contributed by atoms with Gasteiger partial charge < -0.3 is 28.7 Å². The lowest BCUT2D eigenvalue weighted by molar-refractivity contribution is 0.253. The Morgan fingerprint density at radius 2 is 0.500 bits per heavy atom. The predicted octanol–water partition coefficient (Wildman–Crippen LogP) is 10.4. The smallest absolute Gasteiger partial charge is 0.328 e. The Kier molecular flexibility index (Phi) is 10.8.